The highest BCUT2D eigenvalue weighted by atomic mass is 79.9. The topological polar surface area (TPSA) is 60.8 Å². The number of halogens is 1. The zero-order valence-corrected chi connectivity index (χ0v) is 11.2. The molecule has 0 unspecified atom stereocenters. The fourth-order valence-corrected chi connectivity index (χ4v) is 1.62. The second-order valence-electron chi connectivity index (χ2n) is 3.58. The first-order valence-corrected chi connectivity index (χ1v) is 5.84. The van der Waals surface area contributed by atoms with Gasteiger partial charge in [0, 0.05) is 19.7 Å². The quantitative estimate of drug-likeness (QED) is 0.843. The van der Waals surface area contributed by atoms with E-state index in [1.165, 1.54) is 11.0 Å². The van der Waals surface area contributed by atoms with Crippen LogP contribution in [-0.2, 0) is 0 Å². The van der Waals surface area contributed by atoms with E-state index in [9.17, 15) is 15.0 Å². The molecule has 0 aromatic heterocycles. The van der Waals surface area contributed by atoms with Crippen molar-refractivity contribution in [1.29, 1.82) is 0 Å². The van der Waals surface area contributed by atoms with Gasteiger partial charge >= 0.3 is 0 Å². The van der Waals surface area contributed by atoms with E-state index in [2.05, 4.69) is 15.9 Å². The molecule has 1 rings (SSSR count). The summed E-state index contributed by atoms with van der Waals surface area (Å²) in [5, 5.41) is 19.0. The van der Waals surface area contributed by atoms with Gasteiger partial charge in [0.25, 0.3) is 5.91 Å². The molecule has 0 fully saturated rings. The highest BCUT2D eigenvalue weighted by molar-refractivity contribution is 9.10. The molecule has 0 heterocycles. The maximum atomic E-state index is 12.0. The highest BCUT2D eigenvalue weighted by Crippen LogP contribution is 2.31. The highest BCUT2D eigenvalue weighted by Gasteiger charge is 2.17. The smallest absolute Gasteiger partial charge is 0.257 e. The van der Waals surface area contributed by atoms with E-state index in [-0.39, 0.29) is 23.0 Å². The van der Waals surface area contributed by atoms with Crippen molar-refractivity contribution in [3.05, 3.63) is 34.3 Å². The molecule has 2 N–H and O–H groups in total. The lowest BCUT2D eigenvalue weighted by atomic mass is 10.1. The summed E-state index contributed by atoms with van der Waals surface area (Å²) >= 11 is 3.10. The van der Waals surface area contributed by atoms with Crippen LogP contribution in [0, 0.1) is 0 Å². The number of carbonyl (C=O) groups excluding carboxylic acids is 1. The van der Waals surface area contributed by atoms with Gasteiger partial charge in [-0.2, -0.15) is 0 Å². The third-order valence-electron chi connectivity index (χ3n) is 2.26. The van der Waals surface area contributed by atoms with Crippen LogP contribution >= 0.6 is 15.9 Å². The Morgan fingerprint density at radius 1 is 1.41 bits per heavy atom. The summed E-state index contributed by atoms with van der Waals surface area (Å²) in [6.07, 6.45) is 3.68. The Morgan fingerprint density at radius 3 is 2.65 bits per heavy atom. The average Bonchev–Trinajstić information content (AvgIpc) is 2.29. The van der Waals surface area contributed by atoms with Gasteiger partial charge in [-0.3, -0.25) is 4.79 Å². The molecule has 0 saturated heterocycles. The van der Waals surface area contributed by atoms with E-state index < -0.39 is 0 Å². The predicted octanol–water partition coefficient (Wildman–Crippen LogP) is 2.51. The van der Waals surface area contributed by atoms with Gasteiger partial charge in [-0.25, -0.2) is 0 Å². The molecule has 0 aliphatic heterocycles. The third-order valence-corrected chi connectivity index (χ3v) is 2.89. The van der Waals surface area contributed by atoms with Crippen LogP contribution in [0.15, 0.2) is 28.8 Å². The molecule has 0 aliphatic carbocycles. The Bertz CT molecular complexity index is 457. The first kappa shape index (κ1) is 13.6. The molecule has 92 valence electrons. The van der Waals surface area contributed by atoms with Crippen molar-refractivity contribution < 1.29 is 15.0 Å². The molecular weight excluding hydrogens is 286 g/mol. The van der Waals surface area contributed by atoms with Gasteiger partial charge in [-0.05, 0) is 28.9 Å². The Hall–Kier alpha value is -1.49. The van der Waals surface area contributed by atoms with Crippen molar-refractivity contribution in [1.82, 2.24) is 4.90 Å². The Labute approximate surface area is 108 Å². The standard InChI is InChI=1S/C12H14BrNO3/c1-3-4-5-14(2)12(17)8-6-9(13)11(16)7-10(8)15/h3-4,6-7,15-16H,5H2,1-2H3/b4-3+. The average molecular weight is 300 g/mol. The lowest BCUT2D eigenvalue weighted by Crippen LogP contribution is -2.26. The Kier molecular flexibility index (Phi) is 4.57. The lowest BCUT2D eigenvalue weighted by molar-refractivity contribution is 0.0807. The normalized spacial score (nSPS) is 10.8. The van der Waals surface area contributed by atoms with Crippen LogP contribution in [0.4, 0.5) is 0 Å². The summed E-state index contributed by atoms with van der Waals surface area (Å²) in [4.78, 5) is 13.4. The summed E-state index contributed by atoms with van der Waals surface area (Å²) in [6.45, 7) is 2.33. The van der Waals surface area contributed by atoms with Crippen molar-refractivity contribution in [3.8, 4) is 11.5 Å². The molecule has 0 aliphatic rings. The number of hydrogen-bond donors (Lipinski definition) is 2. The van der Waals surface area contributed by atoms with Gasteiger partial charge in [0.15, 0.2) is 0 Å². The van der Waals surface area contributed by atoms with E-state index >= 15 is 0 Å². The van der Waals surface area contributed by atoms with Crippen molar-refractivity contribution in [2.45, 2.75) is 6.92 Å². The second kappa shape index (κ2) is 5.72. The van der Waals surface area contributed by atoms with E-state index in [1.54, 1.807) is 7.05 Å². The molecule has 17 heavy (non-hydrogen) atoms. The Balaban J connectivity index is 3.00. The van der Waals surface area contributed by atoms with Gasteiger partial charge in [0.1, 0.15) is 11.5 Å². The SMILES string of the molecule is C/C=C/CN(C)C(=O)c1cc(Br)c(O)cc1O. The third kappa shape index (κ3) is 3.23. The zero-order valence-electron chi connectivity index (χ0n) is 9.64. The van der Waals surface area contributed by atoms with Crippen LogP contribution < -0.4 is 0 Å². The minimum atomic E-state index is -0.304. The van der Waals surface area contributed by atoms with E-state index in [4.69, 9.17) is 0 Å². The minimum absolute atomic E-state index is 0.102. The van der Waals surface area contributed by atoms with Gasteiger partial charge in [-0.15, -0.1) is 0 Å². The summed E-state index contributed by atoms with van der Waals surface area (Å²) < 4.78 is 0.373. The molecular formula is C12H14BrNO3. The maximum Gasteiger partial charge on any atom is 0.257 e. The molecule has 1 aromatic carbocycles. The van der Waals surface area contributed by atoms with Crippen molar-refractivity contribution in [2.24, 2.45) is 0 Å². The number of aromatic hydroxyl groups is 2. The van der Waals surface area contributed by atoms with Crippen molar-refractivity contribution in [3.63, 3.8) is 0 Å². The first-order valence-electron chi connectivity index (χ1n) is 5.05. The van der Waals surface area contributed by atoms with Crippen LogP contribution in [-0.4, -0.2) is 34.6 Å². The van der Waals surface area contributed by atoms with Crippen molar-refractivity contribution >= 4 is 21.8 Å². The number of hydrogen-bond acceptors (Lipinski definition) is 3. The fourth-order valence-electron chi connectivity index (χ4n) is 1.27. The van der Waals surface area contributed by atoms with Gasteiger partial charge in [0.2, 0.25) is 0 Å². The number of phenols is 2. The maximum absolute atomic E-state index is 12.0. The van der Waals surface area contributed by atoms with Crippen LogP contribution in [0.2, 0.25) is 0 Å². The minimum Gasteiger partial charge on any atom is -0.507 e. The lowest BCUT2D eigenvalue weighted by Gasteiger charge is -2.16. The van der Waals surface area contributed by atoms with E-state index in [0.29, 0.717) is 11.0 Å². The molecule has 4 nitrogen and oxygen atoms in total. The number of amides is 1. The number of rotatable bonds is 3. The fraction of sp³-hybridized carbons (Fsp3) is 0.250. The van der Waals surface area contributed by atoms with Gasteiger partial charge < -0.3 is 15.1 Å². The molecule has 0 radical (unpaired) electrons. The van der Waals surface area contributed by atoms with Gasteiger partial charge in [-0.1, -0.05) is 12.2 Å². The van der Waals surface area contributed by atoms with Crippen LogP contribution in [0.5, 0.6) is 11.5 Å². The number of phenolic OH excluding ortho intramolecular Hbond substituents is 2. The Morgan fingerprint density at radius 2 is 2.06 bits per heavy atom. The summed E-state index contributed by atoms with van der Waals surface area (Å²) in [5.41, 5.74) is 0.154. The summed E-state index contributed by atoms with van der Waals surface area (Å²) in [5.74, 6) is -0.639. The molecule has 0 saturated carbocycles. The molecule has 1 amide bonds. The van der Waals surface area contributed by atoms with Crippen molar-refractivity contribution in [2.75, 3.05) is 13.6 Å². The van der Waals surface area contributed by atoms with Crippen LogP contribution in [0.25, 0.3) is 0 Å². The molecule has 0 spiro atoms. The first-order chi connectivity index (χ1) is 7.97. The molecule has 1 aromatic rings. The second-order valence-corrected chi connectivity index (χ2v) is 4.43. The molecule has 0 atom stereocenters. The molecule has 5 heteroatoms. The van der Waals surface area contributed by atoms with Gasteiger partial charge in [0.05, 0.1) is 10.0 Å². The number of allylic oxidation sites excluding steroid dienone is 1. The van der Waals surface area contributed by atoms with Crippen LogP contribution in [0.3, 0.4) is 0 Å². The summed E-state index contributed by atoms with van der Waals surface area (Å²) in [7, 11) is 1.64. The summed E-state index contributed by atoms with van der Waals surface area (Å²) in [6, 6.07) is 2.54. The predicted molar refractivity (Wildman–Crippen MR) is 69.2 cm³/mol. The van der Waals surface area contributed by atoms with E-state index in [0.717, 1.165) is 6.07 Å². The monoisotopic (exact) mass is 299 g/mol. The van der Waals surface area contributed by atoms with E-state index in [1.807, 2.05) is 19.1 Å². The molecule has 0 bridgehead atoms. The number of nitrogens with zero attached hydrogens (tertiary/aromatic N) is 1. The number of benzene rings is 1. The number of carbonyl (C=O) groups is 1. The van der Waals surface area contributed by atoms with Crippen LogP contribution in [0.1, 0.15) is 17.3 Å². The zero-order chi connectivity index (χ0) is 13.0. The number of likely N-dealkylation sites (N-methyl/N-ethyl adjacent to an activating group) is 1. The largest absolute Gasteiger partial charge is 0.507 e.